The summed E-state index contributed by atoms with van der Waals surface area (Å²) in [5.41, 5.74) is 4.75. The van der Waals surface area contributed by atoms with E-state index < -0.39 is 17.6 Å². The van der Waals surface area contributed by atoms with Gasteiger partial charge in [0.05, 0.1) is 6.61 Å². The van der Waals surface area contributed by atoms with Gasteiger partial charge in [-0.2, -0.15) is 0 Å². The predicted octanol–water partition coefficient (Wildman–Crippen LogP) is 0.863. The molecule has 0 radical (unpaired) electrons. The topological polar surface area (TPSA) is 92.9 Å². The molecule has 1 aliphatic heterocycles. The van der Waals surface area contributed by atoms with Crippen LogP contribution in [0.1, 0.15) is 19.8 Å². The van der Waals surface area contributed by atoms with Crippen molar-refractivity contribution in [1.82, 2.24) is 4.90 Å². The zero-order chi connectivity index (χ0) is 11.9. The number of halogens is 2. The van der Waals surface area contributed by atoms with Gasteiger partial charge in [0.1, 0.15) is 5.54 Å². The highest BCUT2D eigenvalue weighted by Gasteiger charge is 2.68. The van der Waals surface area contributed by atoms with Gasteiger partial charge in [-0.25, -0.2) is 9.59 Å². The minimum atomic E-state index is -1.04. The lowest BCUT2D eigenvalue weighted by molar-refractivity contribution is -0.146. The molecule has 1 heterocycles. The lowest BCUT2D eigenvalue weighted by Crippen LogP contribution is -2.56. The van der Waals surface area contributed by atoms with Gasteiger partial charge >= 0.3 is 12.1 Å². The van der Waals surface area contributed by atoms with E-state index in [1.54, 1.807) is 6.92 Å². The number of aliphatic carboxylic acids is 1. The molecule has 2 fully saturated rings. The summed E-state index contributed by atoms with van der Waals surface area (Å²) >= 11 is 0. The van der Waals surface area contributed by atoms with E-state index in [0.717, 1.165) is 0 Å². The lowest BCUT2D eigenvalue weighted by Gasteiger charge is -2.35. The van der Waals surface area contributed by atoms with Crippen molar-refractivity contribution < 1.29 is 19.4 Å². The van der Waals surface area contributed by atoms with Crippen molar-refractivity contribution in [2.45, 2.75) is 31.3 Å². The second kappa shape index (κ2) is 5.95. The van der Waals surface area contributed by atoms with Gasteiger partial charge in [0.25, 0.3) is 0 Å². The van der Waals surface area contributed by atoms with Crippen LogP contribution in [0.2, 0.25) is 0 Å². The summed E-state index contributed by atoms with van der Waals surface area (Å²) in [6.07, 6.45) is 0.597. The number of carboxylic acids is 1. The number of hydrogen-bond donors (Lipinski definition) is 2. The van der Waals surface area contributed by atoms with Crippen molar-refractivity contribution in [2.24, 2.45) is 11.7 Å². The minimum Gasteiger partial charge on any atom is -0.479 e. The number of carboxylic acid groups (broad SMARTS) is 1. The summed E-state index contributed by atoms with van der Waals surface area (Å²) in [6, 6.07) is -0.149. The molecule has 0 aromatic carbocycles. The van der Waals surface area contributed by atoms with Gasteiger partial charge in [-0.05, 0) is 25.7 Å². The van der Waals surface area contributed by atoms with Gasteiger partial charge in [0, 0.05) is 12.6 Å². The number of piperidine rings is 1. The molecule has 8 heteroatoms. The van der Waals surface area contributed by atoms with Crippen molar-refractivity contribution in [3.05, 3.63) is 0 Å². The van der Waals surface area contributed by atoms with Crippen LogP contribution in [0.15, 0.2) is 0 Å². The zero-order valence-corrected chi connectivity index (χ0v) is 11.6. The number of rotatable bonds is 2. The summed E-state index contributed by atoms with van der Waals surface area (Å²) < 4.78 is 4.87. The quantitative estimate of drug-likeness (QED) is 0.789. The first-order valence-electron chi connectivity index (χ1n) is 5.45. The molecule has 0 bridgehead atoms. The van der Waals surface area contributed by atoms with Gasteiger partial charge in [-0.15, -0.1) is 24.8 Å². The lowest BCUT2D eigenvalue weighted by atomic mass is 9.99. The SMILES string of the molecule is CCOC(=O)N1CC(N)CC2CC21C(=O)O.Cl.Cl. The smallest absolute Gasteiger partial charge is 0.410 e. The Labute approximate surface area is 118 Å². The molecule has 0 aromatic rings. The van der Waals surface area contributed by atoms with Crippen LogP contribution in [0.3, 0.4) is 0 Å². The monoisotopic (exact) mass is 300 g/mol. The molecule has 1 amide bonds. The van der Waals surface area contributed by atoms with E-state index in [0.29, 0.717) is 12.8 Å². The molecule has 2 aliphatic rings. The average molecular weight is 301 g/mol. The van der Waals surface area contributed by atoms with E-state index in [-0.39, 0.29) is 49.9 Å². The Bertz CT molecular complexity index is 342. The fourth-order valence-corrected chi connectivity index (χ4v) is 2.58. The second-order valence-corrected chi connectivity index (χ2v) is 4.44. The second-order valence-electron chi connectivity index (χ2n) is 4.44. The van der Waals surface area contributed by atoms with Gasteiger partial charge in [-0.1, -0.05) is 0 Å². The standard InChI is InChI=1S/C10H16N2O4.2ClH/c1-2-16-9(15)12-5-7(11)3-6-4-10(6,12)8(13)14;;/h6-7H,2-5,11H2,1H3,(H,13,14);2*1H. The Morgan fingerprint density at radius 2 is 2.11 bits per heavy atom. The number of fused-ring (bicyclic) bond motifs is 1. The maximum absolute atomic E-state index is 11.7. The Morgan fingerprint density at radius 1 is 1.50 bits per heavy atom. The first kappa shape index (κ1) is 17.3. The highest BCUT2D eigenvalue weighted by molar-refractivity contribution is 5.88. The van der Waals surface area contributed by atoms with Gasteiger partial charge in [0.15, 0.2) is 0 Å². The van der Waals surface area contributed by atoms with Crippen molar-refractivity contribution in [1.29, 1.82) is 0 Å². The number of carbonyl (C=O) groups excluding carboxylic acids is 1. The van der Waals surface area contributed by atoms with Crippen LogP contribution in [0.25, 0.3) is 0 Å². The Balaban J connectivity index is 0.00000144. The molecule has 2 rings (SSSR count). The third-order valence-electron chi connectivity index (χ3n) is 3.42. The molecule has 3 unspecified atom stereocenters. The molecule has 0 aromatic heterocycles. The normalized spacial score (nSPS) is 32.4. The molecule has 1 aliphatic carbocycles. The number of ether oxygens (including phenoxy) is 1. The van der Waals surface area contributed by atoms with Crippen LogP contribution in [-0.2, 0) is 9.53 Å². The summed E-state index contributed by atoms with van der Waals surface area (Å²) in [7, 11) is 0. The number of carbonyl (C=O) groups is 2. The molecular formula is C10H18Cl2N2O4. The van der Waals surface area contributed by atoms with E-state index in [1.165, 1.54) is 4.90 Å². The predicted molar refractivity (Wildman–Crippen MR) is 69.3 cm³/mol. The van der Waals surface area contributed by atoms with Crippen LogP contribution in [-0.4, -0.2) is 46.8 Å². The highest BCUT2D eigenvalue weighted by Crippen LogP contribution is 2.54. The molecule has 1 saturated heterocycles. The maximum Gasteiger partial charge on any atom is 0.410 e. The molecule has 1 saturated carbocycles. The highest BCUT2D eigenvalue weighted by atomic mass is 35.5. The van der Waals surface area contributed by atoms with Crippen LogP contribution in [0, 0.1) is 5.92 Å². The molecular weight excluding hydrogens is 283 g/mol. The van der Waals surface area contributed by atoms with Gasteiger partial charge in [0.2, 0.25) is 0 Å². The van der Waals surface area contributed by atoms with Crippen LogP contribution in [0.5, 0.6) is 0 Å². The minimum absolute atomic E-state index is 0. The first-order valence-corrected chi connectivity index (χ1v) is 5.45. The summed E-state index contributed by atoms with van der Waals surface area (Å²) in [5, 5.41) is 9.22. The number of likely N-dealkylation sites (tertiary alicyclic amines) is 1. The third kappa shape index (κ3) is 2.50. The van der Waals surface area contributed by atoms with E-state index in [2.05, 4.69) is 0 Å². The molecule has 18 heavy (non-hydrogen) atoms. The molecule has 3 atom stereocenters. The van der Waals surface area contributed by atoms with Crippen LogP contribution in [0.4, 0.5) is 4.79 Å². The third-order valence-corrected chi connectivity index (χ3v) is 3.42. The van der Waals surface area contributed by atoms with E-state index in [9.17, 15) is 14.7 Å². The number of amides is 1. The average Bonchev–Trinajstić information content (AvgIpc) is 2.92. The van der Waals surface area contributed by atoms with Crippen molar-refractivity contribution >= 4 is 36.9 Å². The van der Waals surface area contributed by atoms with Crippen LogP contribution >= 0.6 is 24.8 Å². The zero-order valence-electron chi connectivity index (χ0n) is 10.00. The first-order chi connectivity index (χ1) is 7.52. The molecule has 6 nitrogen and oxygen atoms in total. The molecule has 3 N–H and O–H groups in total. The number of hydrogen-bond acceptors (Lipinski definition) is 4. The van der Waals surface area contributed by atoms with E-state index in [1.807, 2.05) is 0 Å². The largest absolute Gasteiger partial charge is 0.479 e. The Kier molecular flexibility index (Phi) is 5.71. The van der Waals surface area contributed by atoms with Crippen molar-refractivity contribution in [2.75, 3.05) is 13.2 Å². The fraction of sp³-hybridized carbons (Fsp3) is 0.800. The van der Waals surface area contributed by atoms with Gasteiger partial charge < -0.3 is 15.6 Å². The van der Waals surface area contributed by atoms with Crippen molar-refractivity contribution in [3.63, 3.8) is 0 Å². The summed E-state index contributed by atoms with van der Waals surface area (Å²) in [5.74, 6) is -0.962. The van der Waals surface area contributed by atoms with E-state index >= 15 is 0 Å². The summed E-state index contributed by atoms with van der Waals surface area (Å²) in [4.78, 5) is 24.2. The Hall–Kier alpha value is -0.720. The number of nitrogens with two attached hydrogens (primary N) is 1. The van der Waals surface area contributed by atoms with Crippen molar-refractivity contribution in [3.8, 4) is 0 Å². The maximum atomic E-state index is 11.7. The molecule has 0 spiro atoms. The fourth-order valence-electron chi connectivity index (χ4n) is 2.58. The Morgan fingerprint density at radius 3 is 2.61 bits per heavy atom. The van der Waals surface area contributed by atoms with Gasteiger partial charge in [-0.3, -0.25) is 4.90 Å². The van der Waals surface area contributed by atoms with E-state index in [4.69, 9.17) is 10.5 Å². The number of nitrogens with zero attached hydrogens (tertiary/aromatic N) is 1. The molecule has 106 valence electrons. The summed E-state index contributed by atoms with van der Waals surface area (Å²) in [6.45, 7) is 2.20. The van der Waals surface area contributed by atoms with Crippen LogP contribution < -0.4 is 5.73 Å².